The molecule has 0 amide bonds. The van der Waals surface area contributed by atoms with Gasteiger partial charge in [-0.15, -0.1) is 0 Å². The Morgan fingerprint density at radius 2 is 0.838 bits per heavy atom. The van der Waals surface area contributed by atoms with E-state index in [0.717, 1.165) is 47.6 Å². The molecule has 4 aromatic rings. The van der Waals surface area contributed by atoms with Crippen LogP contribution in [-0.2, 0) is 45.9 Å². The first-order chi connectivity index (χ1) is 16.9. The van der Waals surface area contributed by atoms with Gasteiger partial charge in [0.05, 0.1) is 9.79 Å². The summed E-state index contributed by atoms with van der Waals surface area (Å²) < 4.78 is 67.5. The van der Waals surface area contributed by atoms with E-state index in [4.69, 9.17) is 0 Å². The van der Waals surface area contributed by atoms with Crippen molar-refractivity contribution in [1.82, 2.24) is 0 Å². The first kappa shape index (κ1) is 31.7. The minimum absolute atomic E-state index is 0. The van der Waals surface area contributed by atoms with E-state index in [1.165, 1.54) is 23.3 Å². The Kier molecular flexibility index (Phi) is 11.2. The normalized spacial score (nSPS) is 11.6. The molecule has 9 heteroatoms. The van der Waals surface area contributed by atoms with Gasteiger partial charge in [0.2, 0.25) is 0 Å². The minimum Gasteiger partial charge on any atom is -0.744 e. The van der Waals surface area contributed by atoms with Gasteiger partial charge in [0.25, 0.3) is 0 Å². The minimum atomic E-state index is -4.42. The summed E-state index contributed by atoms with van der Waals surface area (Å²) in [6, 6.07) is 17.2. The summed E-state index contributed by atoms with van der Waals surface area (Å²) in [7, 11) is -8.85. The van der Waals surface area contributed by atoms with Gasteiger partial charge in [0.15, 0.2) is 0 Å². The zero-order valence-electron chi connectivity index (χ0n) is 21.6. The van der Waals surface area contributed by atoms with E-state index in [-0.39, 0.29) is 47.5 Å². The van der Waals surface area contributed by atoms with Crippen LogP contribution in [0.1, 0.15) is 49.9 Å². The molecule has 0 radical (unpaired) electrons. The molecule has 4 rings (SSSR count). The fraction of sp³-hybridized carbons (Fsp3) is 0.286. The maximum Gasteiger partial charge on any atom is 2.00 e. The van der Waals surface area contributed by atoms with Crippen molar-refractivity contribution in [3.8, 4) is 0 Å². The number of fused-ring (bicyclic) bond motifs is 2. The average Bonchev–Trinajstić information content (AvgIpc) is 2.85. The smallest absolute Gasteiger partial charge is 0.744 e. The Morgan fingerprint density at radius 1 is 0.541 bits per heavy atom. The molecule has 0 spiro atoms. The van der Waals surface area contributed by atoms with Crippen LogP contribution in [0, 0.1) is 0 Å². The van der Waals surface area contributed by atoms with Gasteiger partial charge in [-0.1, -0.05) is 64.1 Å². The molecule has 0 bridgehead atoms. The molecule has 0 fully saturated rings. The van der Waals surface area contributed by atoms with Crippen molar-refractivity contribution >= 4 is 79.5 Å². The van der Waals surface area contributed by atoms with Crippen LogP contribution < -0.4 is 0 Å². The van der Waals surface area contributed by atoms with Crippen molar-refractivity contribution in [3.63, 3.8) is 0 Å². The van der Waals surface area contributed by atoms with E-state index in [0.29, 0.717) is 10.8 Å². The second-order valence-corrected chi connectivity index (χ2v) is 11.2. The molecule has 0 aromatic heterocycles. The van der Waals surface area contributed by atoms with Crippen molar-refractivity contribution in [3.05, 3.63) is 82.9 Å². The Balaban J connectivity index is 0.000000253. The van der Waals surface area contributed by atoms with Crippen molar-refractivity contribution in [2.45, 2.75) is 63.2 Å². The Hall–Kier alpha value is -1.52. The molecule has 37 heavy (non-hydrogen) atoms. The number of aryl methyl sites for hydroxylation is 4. The summed E-state index contributed by atoms with van der Waals surface area (Å²) in [6.07, 6.45) is 3.44. The Bertz CT molecular complexity index is 1500. The summed E-state index contributed by atoms with van der Waals surface area (Å²) in [5.74, 6) is 0. The van der Waals surface area contributed by atoms with Gasteiger partial charge in [0.1, 0.15) is 20.2 Å². The van der Waals surface area contributed by atoms with Crippen molar-refractivity contribution in [2.75, 3.05) is 0 Å². The van der Waals surface area contributed by atoms with Gasteiger partial charge >= 0.3 is 37.7 Å². The molecule has 0 aliphatic rings. The summed E-state index contributed by atoms with van der Waals surface area (Å²) in [5.41, 5.74) is 4.60. The third-order valence-electron chi connectivity index (χ3n) is 6.38. The van der Waals surface area contributed by atoms with Crippen molar-refractivity contribution < 1.29 is 25.9 Å². The predicted molar refractivity (Wildman–Crippen MR) is 147 cm³/mol. The molecule has 0 aliphatic heterocycles. The van der Waals surface area contributed by atoms with Crippen molar-refractivity contribution in [2.24, 2.45) is 0 Å². The van der Waals surface area contributed by atoms with E-state index in [2.05, 4.69) is 13.8 Å². The predicted octanol–water partition coefficient (Wildman–Crippen LogP) is 5.36. The largest absolute Gasteiger partial charge is 2.00 e. The summed E-state index contributed by atoms with van der Waals surface area (Å²) in [6.45, 7) is 8.17. The van der Waals surface area contributed by atoms with Crippen LogP contribution in [-0.4, -0.2) is 63.7 Å². The quantitative estimate of drug-likeness (QED) is 0.229. The molecule has 192 valence electrons. The number of benzene rings is 4. The number of hydrogen-bond donors (Lipinski definition) is 0. The molecule has 0 saturated carbocycles. The van der Waals surface area contributed by atoms with Crippen LogP contribution in [0.2, 0.25) is 0 Å². The fourth-order valence-electron chi connectivity index (χ4n) is 4.53. The second-order valence-electron chi connectivity index (χ2n) is 8.52. The zero-order chi connectivity index (χ0) is 26.7. The Labute approximate surface area is 249 Å². The maximum absolute atomic E-state index is 11.2. The van der Waals surface area contributed by atoms with Gasteiger partial charge in [-0.05, 0) is 93.7 Å². The van der Waals surface area contributed by atoms with Crippen LogP contribution in [0.3, 0.4) is 0 Å². The number of rotatable bonds is 6. The first-order valence-electron chi connectivity index (χ1n) is 11.9. The molecule has 0 heterocycles. The van der Waals surface area contributed by atoms with Crippen LogP contribution in [0.15, 0.2) is 70.5 Å². The van der Waals surface area contributed by atoms with E-state index in [1.807, 2.05) is 50.2 Å². The standard InChI is InChI=1S/2C14H16O3S.Ca/c2*1-3-10-8-12-6-5-7-14(18(15,16)17)13(12)9-11(10)4-2;/h2*5-9H,3-4H2,1-2H3,(H,15,16,17);/q;;+2/p-2. The molecular formula is C28H30CaO6S2. The van der Waals surface area contributed by atoms with Crippen LogP contribution >= 0.6 is 0 Å². The molecule has 0 atom stereocenters. The van der Waals surface area contributed by atoms with Gasteiger partial charge in [-0.3, -0.25) is 0 Å². The first-order valence-corrected chi connectivity index (χ1v) is 14.8. The number of hydrogen-bond acceptors (Lipinski definition) is 6. The van der Waals surface area contributed by atoms with Gasteiger partial charge in [0, 0.05) is 0 Å². The summed E-state index contributed by atoms with van der Waals surface area (Å²) in [5, 5.41) is 2.67. The second kappa shape index (κ2) is 13.0. The molecule has 0 N–H and O–H groups in total. The monoisotopic (exact) mass is 566 g/mol. The van der Waals surface area contributed by atoms with E-state index < -0.39 is 20.2 Å². The molecule has 6 nitrogen and oxygen atoms in total. The van der Waals surface area contributed by atoms with Gasteiger partial charge in [-0.2, -0.15) is 0 Å². The third-order valence-corrected chi connectivity index (χ3v) is 8.17. The molecule has 4 aromatic carbocycles. The van der Waals surface area contributed by atoms with E-state index in [1.54, 1.807) is 12.1 Å². The Morgan fingerprint density at radius 3 is 1.11 bits per heavy atom. The van der Waals surface area contributed by atoms with E-state index >= 15 is 0 Å². The van der Waals surface area contributed by atoms with Crippen LogP contribution in [0.4, 0.5) is 0 Å². The average molecular weight is 567 g/mol. The molecule has 0 saturated heterocycles. The van der Waals surface area contributed by atoms with Gasteiger partial charge in [-0.25, -0.2) is 16.8 Å². The third kappa shape index (κ3) is 7.32. The van der Waals surface area contributed by atoms with E-state index in [9.17, 15) is 25.9 Å². The van der Waals surface area contributed by atoms with Crippen LogP contribution in [0.25, 0.3) is 21.5 Å². The summed E-state index contributed by atoms with van der Waals surface area (Å²) >= 11 is 0. The van der Waals surface area contributed by atoms with Gasteiger partial charge < -0.3 is 9.11 Å². The van der Waals surface area contributed by atoms with Crippen LogP contribution in [0.5, 0.6) is 0 Å². The molecule has 0 unspecified atom stereocenters. The maximum atomic E-state index is 11.2. The summed E-state index contributed by atoms with van der Waals surface area (Å²) in [4.78, 5) is -0.255. The fourth-order valence-corrected chi connectivity index (χ4v) is 5.91. The molecule has 0 aliphatic carbocycles. The molecular weight excluding hydrogens is 537 g/mol. The zero-order valence-corrected chi connectivity index (χ0v) is 25.4. The topological polar surface area (TPSA) is 114 Å². The van der Waals surface area contributed by atoms with Crippen molar-refractivity contribution in [1.29, 1.82) is 0 Å². The SMILES string of the molecule is CCc1cc2cccc(S(=O)(=O)[O-])c2cc1CC.CCc1cc2cccc(S(=O)(=O)[O-])c2cc1CC.[Ca+2].